The van der Waals surface area contributed by atoms with Crippen LogP contribution < -0.4 is 4.31 Å². The number of carbonyl (C=O) groups is 1. The van der Waals surface area contributed by atoms with Gasteiger partial charge >= 0.3 is 5.97 Å². The van der Waals surface area contributed by atoms with Gasteiger partial charge in [0.2, 0.25) is 10.0 Å². The molecule has 0 heterocycles. The SMILES string of the molecule is CC(C(=O)O)N(c1ccc(Br)cc1)S(C)(=O)=O. The average Bonchev–Trinajstić information content (AvgIpc) is 2.19. The molecule has 0 saturated carbocycles. The van der Waals surface area contributed by atoms with Gasteiger partial charge < -0.3 is 5.11 Å². The van der Waals surface area contributed by atoms with Gasteiger partial charge in [-0.05, 0) is 31.2 Å². The number of anilines is 1. The Labute approximate surface area is 108 Å². The van der Waals surface area contributed by atoms with Crippen LogP contribution in [0.2, 0.25) is 0 Å². The number of rotatable bonds is 4. The predicted molar refractivity (Wildman–Crippen MR) is 68.6 cm³/mol. The molecule has 0 spiro atoms. The van der Waals surface area contributed by atoms with Crippen molar-refractivity contribution in [3.05, 3.63) is 28.7 Å². The first-order valence-corrected chi connectivity index (χ1v) is 7.35. The number of sulfonamides is 1. The Morgan fingerprint density at radius 3 is 2.18 bits per heavy atom. The normalized spacial score (nSPS) is 13.1. The summed E-state index contributed by atoms with van der Waals surface area (Å²) in [6.45, 7) is 1.32. The Balaban J connectivity index is 3.25. The molecule has 1 rings (SSSR count). The van der Waals surface area contributed by atoms with Gasteiger partial charge in [0.25, 0.3) is 0 Å². The molecule has 17 heavy (non-hydrogen) atoms. The Bertz CT molecular complexity index is 512. The van der Waals surface area contributed by atoms with Gasteiger partial charge in [-0.3, -0.25) is 4.31 Å². The Morgan fingerprint density at radius 1 is 1.35 bits per heavy atom. The summed E-state index contributed by atoms with van der Waals surface area (Å²) in [5, 5.41) is 8.92. The number of carboxylic acids is 1. The van der Waals surface area contributed by atoms with Crippen molar-refractivity contribution in [2.75, 3.05) is 10.6 Å². The quantitative estimate of drug-likeness (QED) is 0.915. The molecule has 0 fully saturated rings. The van der Waals surface area contributed by atoms with Crippen molar-refractivity contribution >= 4 is 37.6 Å². The summed E-state index contributed by atoms with van der Waals surface area (Å²) in [4.78, 5) is 10.9. The fourth-order valence-corrected chi connectivity index (χ4v) is 2.82. The number of hydrogen-bond donors (Lipinski definition) is 1. The van der Waals surface area contributed by atoms with E-state index >= 15 is 0 Å². The maximum absolute atomic E-state index is 11.6. The highest BCUT2D eigenvalue weighted by Crippen LogP contribution is 2.23. The fourth-order valence-electron chi connectivity index (χ4n) is 1.39. The summed E-state index contributed by atoms with van der Waals surface area (Å²) < 4.78 is 24.9. The maximum Gasteiger partial charge on any atom is 0.327 e. The van der Waals surface area contributed by atoms with Gasteiger partial charge in [0.15, 0.2) is 0 Å². The molecule has 1 atom stereocenters. The third-order valence-electron chi connectivity index (χ3n) is 2.15. The summed E-state index contributed by atoms with van der Waals surface area (Å²) in [6, 6.07) is 5.26. The van der Waals surface area contributed by atoms with Crippen molar-refractivity contribution in [1.29, 1.82) is 0 Å². The highest BCUT2D eigenvalue weighted by molar-refractivity contribution is 9.10. The lowest BCUT2D eigenvalue weighted by atomic mass is 10.2. The molecule has 0 bridgehead atoms. The lowest BCUT2D eigenvalue weighted by Gasteiger charge is -2.26. The van der Waals surface area contributed by atoms with E-state index in [0.717, 1.165) is 15.0 Å². The van der Waals surface area contributed by atoms with Gasteiger partial charge in [-0.25, -0.2) is 13.2 Å². The summed E-state index contributed by atoms with van der Waals surface area (Å²) in [5.41, 5.74) is 0.325. The molecule has 0 amide bonds. The average molecular weight is 322 g/mol. The molecule has 0 saturated heterocycles. The number of halogens is 1. The zero-order chi connectivity index (χ0) is 13.2. The number of benzene rings is 1. The molecule has 0 aliphatic carbocycles. The highest BCUT2D eigenvalue weighted by Gasteiger charge is 2.28. The monoisotopic (exact) mass is 321 g/mol. The van der Waals surface area contributed by atoms with Gasteiger partial charge in [0.05, 0.1) is 11.9 Å². The zero-order valence-electron chi connectivity index (χ0n) is 9.29. The summed E-state index contributed by atoms with van der Waals surface area (Å²) in [6.07, 6.45) is 0.981. The highest BCUT2D eigenvalue weighted by atomic mass is 79.9. The summed E-state index contributed by atoms with van der Waals surface area (Å²) in [7, 11) is -3.64. The van der Waals surface area contributed by atoms with E-state index in [4.69, 9.17) is 5.11 Å². The molecule has 1 N–H and O–H groups in total. The third-order valence-corrected chi connectivity index (χ3v) is 3.92. The fraction of sp³-hybridized carbons (Fsp3) is 0.300. The molecule has 0 aliphatic heterocycles. The van der Waals surface area contributed by atoms with E-state index in [2.05, 4.69) is 15.9 Å². The molecule has 0 aromatic heterocycles. The van der Waals surface area contributed by atoms with E-state index in [1.165, 1.54) is 6.92 Å². The van der Waals surface area contributed by atoms with Gasteiger partial charge in [0.1, 0.15) is 6.04 Å². The molecule has 5 nitrogen and oxygen atoms in total. The Kier molecular flexibility index (Phi) is 4.16. The number of hydrogen-bond acceptors (Lipinski definition) is 3. The van der Waals surface area contributed by atoms with Gasteiger partial charge in [-0.2, -0.15) is 0 Å². The van der Waals surface area contributed by atoms with Crippen LogP contribution in [-0.4, -0.2) is 31.8 Å². The van der Waals surface area contributed by atoms with E-state index in [-0.39, 0.29) is 0 Å². The molecule has 1 aromatic rings. The van der Waals surface area contributed by atoms with E-state index in [1.54, 1.807) is 24.3 Å². The Morgan fingerprint density at radius 2 is 1.82 bits per heavy atom. The molecule has 94 valence electrons. The van der Waals surface area contributed by atoms with Crippen molar-refractivity contribution in [2.24, 2.45) is 0 Å². The van der Waals surface area contributed by atoms with Crippen LogP contribution in [0.25, 0.3) is 0 Å². The lowest BCUT2D eigenvalue weighted by Crippen LogP contribution is -2.42. The van der Waals surface area contributed by atoms with Gasteiger partial charge in [0, 0.05) is 4.47 Å². The third kappa shape index (κ3) is 3.44. The first-order valence-electron chi connectivity index (χ1n) is 4.71. The number of aliphatic carboxylic acids is 1. The van der Waals surface area contributed by atoms with Gasteiger partial charge in [-0.1, -0.05) is 15.9 Å². The van der Waals surface area contributed by atoms with Crippen LogP contribution in [-0.2, 0) is 14.8 Å². The van der Waals surface area contributed by atoms with Crippen molar-refractivity contribution < 1.29 is 18.3 Å². The number of nitrogens with zero attached hydrogens (tertiary/aromatic N) is 1. The van der Waals surface area contributed by atoms with Crippen molar-refractivity contribution in [2.45, 2.75) is 13.0 Å². The van der Waals surface area contributed by atoms with Crippen molar-refractivity contribution in [1.82, 2.24) is 0 Å². The zero-order valence-corrected chi connectivity index (χ0v) is 11.7. The van der Waals surface area contributed by atoms with Crippen molar-refractivity contribution in [3.63, 3.8) is 0 Å². The van der Waals surface area contributed by atoms with Gasteiger partial charge in [-0.15, -0.1) is 0 Å². The van der Waals surface area contributed by atoms with Crippen LogP contribution >= 0.6 is 15.9 Å². The largest absolute Gasteiger partial charge is 0.480 e. The van der Waals surface area contributed by atoms with Crippen LogP contribution in [0, 0.1) is 0 Å². The standard InChI is InChI=1S/C10H12BrNO4S/c1-7(10(13)14)12(17(2,15)16)9-5-3-8(11)4-6-9/h3-7H,1-2H3,(H,13,14). The minimum Gasteiger partial charge on any atom is -0.480 e. The molecule has 1 unspecified atom stereocenters. The van der Waals surface area contributed by atoms with Crippen LogP contribution in [0.4, 0.5) is 5.69 Å². The molecule has 0 aliphatic rings. The minimum absolute atomic E-state index is 0.325. The topological polar surface area (TPSA) is 74.7 Å². The maximum atomic E-state index is 11.6. The Hall–Kier alpha value is -1.08. The van der Waals surface area contributed by atoms with E-state index < -0.39 is 22.0 Å². The summed E-state index contributed by atoms with van der Waals surface area (Å²) in [5.74, 6) is -1.20. The van der Waals surface area contributed by atoms with Crippen LogP contribution in [0.1, 0.15) is 6.92 Å². The molecule has 1 aromatic carbocycles. The predicted octanol–water partition coefficient (Wildman–Crippen LogP) is 1.69. The van der Waals surface area contributed by atoms with Crippen molar-refractivity contribution in [3.8, 4) is 0 Å². The number of carboxylic acid groups (broad SMARTS) is 1. The smallest absolute Gasteiger partial charge is 0.327 e. The van der Waals surface area contributed by atoms with E-state index in [0.29, 0.717) is 5.69 Å². The molecule has 7 heteroatoms. The van der Waals surface area contributed by atoms with Crippen LogP contribution in [0.15, 0.2) is 28.7 Å². The first kappa shape index (κ1) is 14.0. The van der Waals surface area contributed by atoms with Crippen LogP contribution in [0.3, 0.4) is 0 Å². The minimum atomic E-state index is -3.64. The first-order chi connectivity index (χ1) is 7.73. The second-order valence-corrected chi connectivity index (χ2v) is 6.32. The second-order valence-electron chi connectivity index (χ2n) is 3.55. The van der Waals surface area contributed by atoms with E-state index in [9.17, 15) is 13.2 Å². The summed E-state index contributed by atoms with van der Waals surface area (Å²) >= 11 is 3.23. The lowest BCUT2D eigenvalue weighted by molar-refractivity contribution is -0.137. The van der Waals surface area contributed by atoms with Crippen LogP contribution in [0.5, 0.6) is 0 Å². The molecular weight excluding hydrogens is 310 g/mol. The second kappa shape index (κ2) is 5.05. The molecule has 0 radical (unpaired) electrons. The van der Waals surface area contributed by atoms with E-state index in [1.807, 2.05) is 0 Å². The molecular formula is C10H12BrNO4S.